The van der Waals surface area contributed by atoms with E-state index in [9.17, 15) is 8.78 Å². The Balaban J connectivity index is 3.27. The summed E-state index contributed by atoms with van der Waals surface area (Å²) in [4.78, 5) is 0. The highest BCUT2D eigenvalue weighted by molar-refractivity contribution is 5.98. The fourth-order valence-electron chi connectivity index (χ4n) is 1.72. The number of rotatable bonds is 6. The lowest BCUT2D eigenvalue weighted by atomic mass is 10.1. The molecule has 1 aromatic carbocycles. The Bertz CT molecular complexity index is 414. The quantitative estimate of drug-likeness (QED) is 0.594. The van der Waals surface area contributed by atoms with Crippen molar-refractivity contribution in [2.75, 3.05) is 0 Å². The van der Waals surface area contributed by atoms with E-state index in [1.807, 2.05) is 0 Å². The molecule has 0 N–H and O–H groups in total. The molecular weight excluding hydrogens is 270 g/mol. The highest BCUT2D eigenvalue weighted by Gasteiger charge is 2.39. The molecule has 1 rings (SSSR count). The second kappa shape index (κ2) is 6.56. The standard InChI is InChI=1S/C13H20F2O3Si/c1-8(2)16-13(18-19,17-9(3)4)11-6-5-10(14)7-12(11)15/h5-9H,1-4,19H3. The van der Waals surface area contributed by atoms with Crippen LogP contribution in [0.25, 0.3) is 0 Å². The van der Waals surface area contributed by atoms with Gasteiger partial charge in [-0.05, 0) is 39.8 Å². The molecule has 6 heteroatoms. The van der Waals surface area contributed by atoms with Gasteiger partial charge in [0.25, 0.3) is 0 Å². The molecule has 0 aliphatic carbocycles. The van der Waals surface area contributed by atoms with Crippen molar-refractivity contribution < 1.29 is 22.7 Å². The number of hydrogen-bond acceptors (Lipinski definition) is 3. The van der Waals surface area contributed by atoms with Crippen molar-refractivity contribution in [3.8, 4) is 0 Å². The van der Waals surface area contributed by atoms with Gasteiger partial charge < -0.3 is 13.9 Å². The third-order valence-electron chi connectivity index (χ3n) is 2.31. The topological polar surface area (TPSA) is 27.7 Å². The Morgan fingerprint density at radius 1 is 1.05 bits per heavy atom. The molecule has 0 heterocycles. The van der Waals surface area contributed by atoms with Gasteiger partial charge in [-0.25, -0.2) is 8.78 Å². The van der Waals surface area contributed by atoms with Gasteiger partial charge in [-0.1, -0.05) is 0 Å². The zero-order valence-electron chi connectivity index (χ0n) is 11.9. The van der Waals surface area contributed by atoms with Crippen LogP contribution >= 0.6 is 0 Å². The third kappa shape index (κ3) is 4.07. The van der Waals surface area contributed by atoms with E-state index in [1.165, 1.54) is 6.07 Å². The van der Waals surface area contributed by atoms with Crippen LogP contribution < -0.4 is 0 Å². The Morgan fingerprint density at radius 2 is 1.58 bits per heavy atom. The average Bonchev–Trinajstić information content (AvgIpc) is 2.26. The first-order valence-electron chi connectivity index (χ1n) is 6.17. The molecule has 0 saturated carbocycles. The van der Waals surface area contributed by atoms with E-state index in [2.05, 4.69) is 0 Å². The monoisotopic (exact) mass is 290 g/mol. The second-order valence-electron chi connectivity index (χ2n) is 4.72. The highest BCUT2D eigenvalue weighted by atomic mass is 28.2. The van der Waals surface area contributed by atoms with Crippen molar-refractivity contribution in [1.29, 1.82) is 0 Å². The Kier molecular flexibility index (Phi) is 5.60. The summed E-state index contributed by atoms with van der Waals surface area (Å²) >= 11 is 0. The van der Waals surface area contributed by atoms with Gasteiger partial charge in [-0.15, -0.1) is 0 Å². The highest BCUT2D eigenvalue weighted by Crippen LogP contribution is 2.33. The summed E-state index contributed by atoms with van der Waals surface area (Å²) in [7, 11) is 0.277. The number of halogens is 2. The molecule has 19 heavy (non-hydrogen) atoms. The molecule has 0 amide bonds. The van der Waals surface area contributed by atoms with Gasteiger partial charge >= 0.3 is 5.97 Å². The minimum absolute atomic E-state index is 0.0475. The van der Waals surface area contributed by atoms with Crippen LogP contribution in [0.2, 0.25) is 0 Å². The molecule has 0 bridgehead atoms. The third-order valence-corrected chi connectivity index (χ3v) is 2.85. The van der Waals surface area contributed by atoms with E-state index < -0.39 is 17.6 Å². The molecule has 0 fully saturated rings. The van der Waals surface area contributed by atoms with E-state index in [-0.39, 0.29) is 28.3 Å². The molecule has 0 aliphatic rings. The van der Waals surface area contributed by atoms with Gasteiger partial charge in [0, 0.05) is 6.07 Å². The molecular formula is C13H20F2O3Si. The van der Waals surface area contributed by atoms with Crippen LogP contribution in [0, 0.1) is 11.6 Å². The predicted octanol–water partition coefficient (Wildman–Crippen LogP) is 2.22. The predicted molar refractivity (Wildman–Crippen MR) is 71.5 cm³/mol. The summed E-state index contributed by atoms with van der Waals surface area (Å²) in [6.07, 6.45) is -0.477. The summed E-state index contributed by atoms with van der Waals surface area (Å²) < 4.78 is 43.6. The van der Waals surface area contributed by atoms with Crippen molar-refractivity contribution in [2.45, 2.75) is 45.9 Å². The number of benzene rings is 1. The zero-order valence-corrected chi connectivity index (χ0v) is 13.9. The minimum atomic E-state index is -1.62. The lowest BCUT2D eigenvalue weighted by molar-refractivity contribution is -0.379. The molecule has 0 atom stereocenters. The first-order chi connectivity index (χ1) is 8.80. The summed E-state index contributed by atoms with van der Waals surface area (Å²) in [6, 6.07) is 3.23. The molecule has 0 aromatic heterocycles. The maximum atomic E-state index is 14.0. The molecule has 0 unspecified atom stereocenters. The van der Waals surface area contributed by atoms with Crippen molar-refractivity contribution in [1.82, 2.24) is 0 Å². The first kappa shape index (κ1) is 16.2. The SMILES string of the molecule is CC(C)OC(O[SiH3])(OC(C)C)c1ccc(F)cc1F. The van der Waals surface area contributed by atoms with Crippen LogP contribution in [-0.4, -0.2) is 22.7 Å². The lowest BCUT2D eigenvalue weighted by Crippen LogP contribution is -2.40. The van der Waals surface area contributed by atoms with Gasteiger partial charge in [-0.3, -0.25) is 0 Å². The second-order valence-corrected chi connectivity index (χ2v) is 5.13. The molecule has 3 nitrogen and oxygen atoms in total. The summed E-state index contributed by atoms with van der Waals surface area (Å²) in [5.74, 6) is -3.03. The Morgan fingerprint density at radius 3 is 1.95 bits per heavy atom. The van der Waals surface area contributed by atoms with E-state index >= 15 is 0 Å². The van der Waals surface area contributed by atoms with Gasteiger partial charge in [0.1, 0.15) is 11.6 Å². The van der Waals surface area contributed by atoms with Crippen LogP contribution in [0.5, 0.6) is 0 Å². The largest absolute Gasteiger partial charge is 0.376 e. The van der Waals surface area contributed by atoms with Crippen molar-refractivity contribution in [2.24, 2.45) is 0 Å². The van der Waals surface area contributed by atoms with Crippen LogP contribution in [0.1, 0.15) is 33.3 Å². The molecule has 108 valence electrons. The minimum Gasteiger partial charge on any atom is -0.376 e. The fraction of sp³-hybridized carbons (Fsp3) is 0.538. The molecule has 0 spiro atoms. The lowest BCUT2D eigenvalue weighted by Gasteiger charge is -2.36. The van der Waals surface area contributed by atoms with Gasteiger partial charge in [0.2, 0.25) is 0 Å². The van der Waals surface area contributed by atoms with Gasteiger partial charge in [0.05, 0.1) is 17.8 Å². The van der Waals surface area contributed by atoms with Crippen LogP contribution in [0.3, 0.4) is 0 Å². The maximum absolute atomic E-state index is 14.0. The van der Waals surface area contributed by atoms with E-state index in [0.717, 1.165) is 12.1 Å². The molecule has 0 saturated heterocycles. The smallest absolute Gasteiger partial charge is 0.305 e. The van der Waals surface area contributed by atoms with Gasteiger partial charge in [0.15, 0.2) is 10.5 Å². The zero-order chi connectivity index (χ0) is 14.6. The summed E-state index contributed by atoms with van der Waals surface area (Å²) in [5.41, 5.74) is 0.0475. The van der Waals surface area contributed by atoms with Crippen LogP contribution in [0.15, 0.2) is 18.2 Å². The molecule has 0 aliphatic heterocycles. The summed E-state index contributed by atoms with van der Waals surface area (Å²) in [6.45, 7) is 7.17. The molecule has 0 radical (unpaired) electrons. The van der Waals surface area contributed by atoms with Crippen LogP contribution in [0.4, 0.5) is 8.78 Å². The first-order valence-corrected chi connectivity index (χ1v) is 6.98. The van der Waals surface area contributed by atoms with Gasteiger partial charge in [-0.2, -0.15) is 0 Å². The van der Waals surface area contributed by atoms with Crippen molar-refractivity contribution in [3.05, 3.63) is 35.4 Å². The van der Waals surface area contributed by atoms with Crippen molar-refractivity contribution in [3.63, 3.8) is 0 Å². The number of hydrogen-bond donors (Lipinski definition) is 0. The fourth-order valence-corrected chi connectivity index (χ4v) is 2.13. The van der Waals surface area contributed by atoms with Crippen molar-refractivity contribution >= 4 is 10.5 Å². The van der Waals surface area contributed by atoms with Crippen LogP contribution in [-0.2, 0) is 19.9 Å². The van der Waals surface area contributed by atoms with E-state index in [1.54, 1.807) is 27.7 Å². The summed E-state index contributed by atoms with van der Waals surface area (Å²) in [5, 5.41) is 0. The molecule has 1 aromatic rings. The maximum Gasteiger partial charge on any atom is 0.305 e. The van der Waals surface area contributed by atoms with E-state index in [4.69, 9.17) is 13.9 Å². The van der Waals surface area contributed by atoms with E-state index in [0.29, 0.717) is 0 Å². The Hall–Kier alpha value is -0.823. The number of ether oxygens (including phenoxy) is 2. The Labute approximate surface area is 115 Å². The normalized spacial score (nSPS) is 12.6. The average molecular weight is 290 g/mol.